The van der Waals surface area contributed by atoms with Crippen LogP contribution >= 0.6 is 11.3 Å². The van der Waals surface area contributed by atoms with Crippen molar-refractivity contribution in [3.8, 4) is 0 Å². The van der Waals surface area contributed by atoms with E-state index >= 15 is 0 Å². The molecule has 1 aliphatic rings. The van der Waals surface area contributed by atoms with Crippen molar-refractivity contribution in [2.24, 2.45) is 0 Å². The summed E-state index contributed by atoms with van der Waals surface area (Å²) >= 11 is 1.25. The normalized spacial score (nSPS) is 14.7. The van der Waals surface area contributed by atoms with Crippen LogP contribution in [0.5, 0.6) is 0 Å². The van der Waals surface area contributed by atoms with Gasteiger partial charge in [0.2, 0.25) is 11.7 Å². The van der Waals surface area contributed by atoms with E-state index in [2.05, 4.69) is 4.98 Å². The Balaban J connectivity index is 1.74. The van der Waals surface area contributed by atoms with Gasteiger partial charge in [0, 0.05) is 23.9 Å². The topological polar surface area (TPSA) is 50.3 Å². The number of nitrogens with zero attached hydrogens (tertiary/aromatic N) is 2. The molecule has 1 aromatic heterocycles. The van der Waals surface area contributed by atoms with E-state index in [-0.39, 0.29) is 17.5 Å². The SMILES string of the molecule is CC(=O)N(c1nc(/C=C/C(=O)C(F)(F)c2ccccc2)cs1)C1CC1. The fourth-order valence-corrected chi connectivity index (χ4v) is 3.31. The van der Waals surface area contributed by atoms with Gasteiger partial charge in [-0.1, -0.05) is 30.3 Å². The second-order valence-electron chi connectivity index (χ2n) is 5.81. The molecule has 130 valence electrons. The van der Waals surface area contributed by atoms with Crippen molar-refractivity contribution in [2.75, 3.05) is 4.90 Å². The summed E-state index contributed by atoms with van der Waals surface area (Å²) in [4.78, 5) is 29.5. The van der Waals surface area contributed by atoms with Crippen LogP contribution in [0.4, 0.5) is 13.9 Å². The maximum atomic E-state index is 14.1. The lowest BCUT2D eigenvalue weighted by Gasteiger charge is -2.16. The lowest BCUT2D eigenvalue weighted by atomic mass is 10.0. The lowest BCUT2D eigenvalue weighted by Crippen LogP contribution is -2.30. The molecular weight excluding hydrogens is 346 g/mol. The zero-order valence-electron chi connectivity index (χ0n) is 13.5. The molecule has 4 nitrogen and oxygen atoms in total. The van der Waals surface area contributed by atoms with Crippen LogP contribution in [0.2, 0.25) is 0 Å². The maximum absolute atomic E-state index is 14.1. The molecule has 2 aromatic rings. The summed E-state index contributed by atoms with van der Waals surface area (Å²) in [6.07, 6.45) is 3.96. The summed E-state index contributed by atoms with van der Waals surface area (Å²) < 4.78 is 28.3. The van der Waals surface area contributed by atoms with Crippen LogP contribution in [0.3, 0.4) is 0 Å². The predicted molar refractivity (Wildman–Crippen MR) is 92.7 cm³/mol. The molecule has 0 aliphatic heterocycles. The monoisotopic (exact) mass is 362 g/mol. The summed E-state index contributed by atoms with van der Waals surface area (Å²) in [5, 5.41) is 2.16. The second kappa shape index (κ2) is 6.84. The molecule has 1 aromatic carbocycles. The van der Waals surface area contributed by atoms with E-state index in [0.717, 1.165) is 18.9 Å². The number of carbonyl (C=O) groups excluding carboxylic acids is 2. The molecule has 1 aliphatic carbocycles. The molecule has 1 saturated carbocycles. The van der Waals surface area contributed by atoms with Crippen LogP contribution in [0, 0.1) is 0 Å². The number of carbonyl (C=O) groups is 2. The maximum Gasteiger partial charge on any atom is 0.334 e. The number of allylic oxidation sites excluding steroid dienone is 1. The van der Waals surface area contributed by atoms with Gasteiger partial charge in [-0.05, 0) is 25.0 Å². The van der Waals surface area contributed by atoms with Gasteiger partial charge in [-0.3, -0.25) is 14.5 Å². The molecule has 1 heterocycles. The average molecular weight is 362 g/mol. The van der Waals surface area contributed by atoms with Gasteiger partial charge in [-0.25, -0.2) is 4.98 Å². The van der Waals surface area contributed by atoms with Crippen LogP contribution in [0.1, 0.15) is 31.0 Å². The number of benzene rings is 1. The molecule has 0 unspecified atom stereocenters. The van der Waals surface area contributed by atoms with Crippen molar-refractivity contribution in [2.45, 2.75) is 31.7 Å². The van der Waals surface area contributed by atoms with Gasteiger partial charge in [0.05, 0.1) is 5.69 Å². The van der Waals surface area contributed by atoms with E-state index in [1.807, 2.05) is 0 Å². The zero-order chi connectivity index (χ0) is 18.0. The Morgan fingerprint density at radius 3 is 2.56 bits per heavy atom. The zero-order valence-corrected chi connectivity index (χ0v) is 14.3. The van der Waals surface area contributed by atoms with Gasteiger partial charge < -0.3 is 0 Å². The van der Waals surface area contributed by atoms with Gasteiger partial charge in [-0.2, -0.15) is 8.78 Å². The molecule has 0 spiro atoms. The third-order valence-corrected chi connectivity index (χ3v) is 4.68. The quantitative estimate of drug-likeness (QED) is 0.729. The predicted octanol–water partition coefficient (Wildman–Crippen LogP) is 4.03. The Labute approximate surface area is 147 Å². The van der Waals surface area contributed by atoms with Crippen LogP contribution in [0.15, 0.2) is 41.8 Å². The Morgan fingerprint density at radius 1 is 1.28 bits per heavy atom. The first-order valence-electron chi connectivity index (χ1n) is 7.81. The van der Waals surface area contributed by atoms with Gasteiger partial charge in [0.1, 0.15) is 0 Å². The van der Waals surface area contributed by atoms with Crippen molar-refractivity contribution in [1.82, 2.24) is 4.98 Å². The molecular formula is C18H16F2N2O2S. The minimum Gasteiger partial charge on any atom is -0.288 e. The molecule has 1 fully saturated rings. The van der Waals surface area contributed by atoms with Crippen molar-refractivity contribution >= 4 is 34.2 Å². The number of rotatable bonds is 6. The Bertz CT molecular complexity index is 813. The lowest BCUT2D eigenvalue weighted by molar-refractivity contribution is -0.138. The molecule has 0 bridgehead atoms. The van der Waals surface area contributed by atoms with E-state index in [1.54, 1.807) is 16.3 Å². The summed E-state index contributed by atoms with van der Waals surface area (Å²) in [6.45, 7) is 1.47. The van der Waals surface area contributed by atoms with E-state index in [4.69, 9.17) is 0 Å². The van der Waals surface area contributed by atoms with Crippen molar-refractivity contribution < 1.29 is 18.4 Å². The van der Waals surface area contributed by atoms with Gasteiger partial charge in [0.15, 0.2) is 5.13 Å². The number of halogens is 2. The summed E-state index contributed by atoms with van der Waals surface area (Å²) in [5.74, 6) is -4.99. The van der Waals surface area contributed by atoms with Crippen LogP contribution in [0.25, 0.3) is 6.08 Å². The first-order valence-corrected chi connectivity index (χ1v) is 8.68. The first-order chi connectivity index (χ1) is 11.9. The van der Waals surface area contributed by atoms with E-state index in [1.165, 1.54) is 48.6 Å². The number of aromatic nitrogens is 1. The van der Waals surface area contributed by atoms with Crippen molar-refractivity contribution in [3.63, 3.8) is 0 Å². The highest BCUT2D eigenvalue weighted by molar-refractivity contribution is 7.14. The number of thiazole rings is 1. The van der Waals surface area contributed by atoms with Crippen LogP contribution in [-0.2, 0) is 15.5 Å². The molecule has 1 amide bonds. The van der Waals surface area contributed by atoms with Crippen LogP contribution in [-0.4, -0.2) is 22.7 Å². The average Bonchev–Trinajstić information content (AvgIpc) is 3.31. The standard InChI is InChI=1S/C18H16F2N2O2S/c1-12(23)22(15-8-9-15)17-21-14(11-25-17)7-10-16(24)18(19,20)13-5-3-2-4-6-13/h2-7,10-11,15H,8-9H2,1H3/b10-7+. The molecule has 3 rings (SSSR count). The van der Waals surface area contributed by atoms with E-state index in [9.17, 15) is 18.4 Å². The fraction of sp³-hybridized carbons (Fsp3) is 0.278. The van der Waals surface area contributed by atoms with E-state index < -0.39 is 11.7 Å². The molecule has 25 heavy (non-hydrogen) atoms. The summed E-state index contributed by atoms with van der Waals surface area (Å²) in [5.41, 5.74) is 0.0317. The Hall–Kier alpha value is -2.41. The molecule has 7 heteroatoms. The molecule has 0 atom stereocenters. The van der Waals surface area contributed by atoms with Crippen molar-refractivity contribution in [1.29, 1.82) is 0 Å². The minimum atomic E-state index is -3.59. The fourth-order valence-electron chi connectivity index (χ4n) is 2.40. The molecule has 0 N–H and O–H groups in total. The first kappa shape index (κ1) is 17.4. The molecule has 0 radical (unpaired) electrons. The number of amides is 1. The number of hydrogen-bond donors (Lipinski definition) is 0. The number of ketones is 1. The summed E-state index contributed by atoms with van der Waals surface area (Å²) in [6, 6.07) is 7.13. The second-order valence-corrected chi connectivity index (χ2v) is 6.65. The summed E-state index contributed by atoms with van der Waals surface area (Å²) in [7, 11) is 0. The number of anilines is 1. The highest BCUT2D eigenvalue weighted by Crippen LogP contribution is 2.34. The third-order valence-electron chi connectivity index (χ3n) is 3.82. The van der Waals surface area contributed by atoms with Gasteiger partial charge in [-0.15, -0.1) is 11.3 Å². The number of alkyl halides is 2. The van der Waals surface area contributed by atoms with E-state index in [0.29, 0.717) is 10.8 Å². The minimum absolute atomic E-state index is 0.0981. The van der Waals surface area contributed by atoms with Crippen LogP contribution < -0.4 is 4.90 Å². The largest absolute Gasteiger partial charge is 0.334 e. The highest BCUT2D eigenvalue weighted by atomic mass is 32.1. The van der Waals surface area contributed by atoms with Gasteiger partial charge in [0.25, 0.3) is 0 Å². The van der Waals surface area contributed by atoms with Gasteiger partial charge >= 0.3 is 5.92 Å². The Morgan fingerprint density at radius 2 is 1.96 bits per heavy atom. The third kappa shape index (κ3) is 3.82. The molecule has 0 saturated heterocycles. The van der Waals surface area contributed by atoms with Crippen molar-refractivity contribution in [3.05, 3.63) is 53.0 Å². The smallest absolute Gasteiger partial charge is 0.288 e. The highest BCUT2D eigenvalue weighted by Gasteiger charge is 2.38. The Kier molecular flexibility index (Phi) is 4.76. The number of hydrogen-bond acceptors (Lipinski definition) is 4.